The van der Waals surface area contributed by atoms with Gasteiger partial charge in [-0.1, -0.05) is 49.2 Å². The van der Waals surface area contributed by atoms with Gasteiger partial charge in [0.25, 0.3) is 5.91 Å². The highest BCUT2D eigenvalue weighted by Gasteiger charge is 2.34. The predicted molar refractivity (Wildman–Crippen MR) is 153 cm³/mol. The largest absolute Gasteiger partial charge is 0.493 e. The van der Waals surface area contributed by atoms with Crippen LogP contribution in [-0.4, -0.2) is 49.3 Å². The van der Waals surface area contributed by atoms with Crippen molar-refractivity contribution >= 4 is 17.6 Å². The Balaban J connectivity index is 1.26. The summed E-state index contributed by atoms with van der Waals surface area (Å²) in [5, 5.41) is 0. The molecule has 1 aliphatic carbocycles. The van der Waals surface area contributed by atoms with Crippen LogP contribution in [0.5, 0.6) is 11.5 Å². The number of rotatable bonds is 4. The van der Waals surface area contributed by atoms with Crippen molar-refractivity contribution in [3.63, 3.8) is 0 Å². The van der Waals surface area contributed by atoms with Crippen LogP contribution < -0.4 is 15.2 Å². The third-order valence-corrected chi connectivity index (χ3v) is 8.31. The molecule has 39 heavy (non-hydrogen) atoms. The molecule has 2 aliphatic heterocycles. The van der Waals surface area contributed by atoms with E-state index in [0.717, 1.165) is 48.4 Å². The molecular formula is C32H34N4O3. The number of methoxy groups -OCH3 is 2. The highest BCUT2D eigenvalue weighted by molar-refractivity contribution is 6.15. The van der Waals surface area contributed by atoms with E-state index in [-0.39, 0.29) is 17.9 Å². The number of hydrogen-bond donors (Lipinski definition) is 1. The van der Waals surface area contributed by atoms with E-state index >= 15 is 0 Å². The summed E-state index contributed by atoms with van der Waals surface area (Å²) in [5.41, 5.74) is 13.6. The van der Waals surface area contributed by atoms with Gasteiger partial charge in [-0.15, -0.1) is 0 Å². The van der Waals surface area contributed by atoms with Gasteiger partial charge in [-0.25, -0.2) is 0 Å². The molecule has 7 heteroatoms. The summed E-state index contributed by atoms with van der Waals surface area (Å²) in [6.45, 7) is 1.40. The van der Waals surface area contributed by atoms with E-state index < -0.39 is 0 Å². The van der Waals surface area contributed by atoms with Crippen LogP contribution in [0.4, 0.5) is 0 Å². The normalized spacial score (nSPS) is 20.3. The van der Waals surface area contributed by atoms with Crippen molar-refractivity contribution in [3.05, 3.63) is 94.0 Å². The number of hydrogen-bond acceptors (Lipinski definition) is 4. The maximum absolute atomic E-state index is 13.0. The number of aliphatic imine (C=N–C) groups is 2. The molecule has 3 aromatic carbocycles. The second-order valence-corrected chi connectivity index (χ2v) is 10.5. The zero-order valence-electron chi connectivity index (χ0n) is 22.5. The van der Waals surface area contributed by atoms with Gasteiger partial charge in [0.15, 0.2) is 17.5 Å². The zero-order valence-corrected chi connectivity index (χ0v) is 22.5. The molecule has 3 aromatic rings. The fourth-order valence-corrected chi connectivity index (χ4v) is 6.20. The number of carbonyl (C=O) groups is 1. The minimum Gasteiger partial charge on any atom is -0.493 e. The summed E-state index contributed by atoms with van der Waals surface area (Å²) < 4.78 is 11.3. The lowest BCUT2D eigenvalue weighted by Gasteiger charge is -2.35. The third kappa shape index (κ3) is 4.78. The van der Waals surface area contributed by atoms with Gasteiger partial charge in [0.05, 0.1) is 26.0 Å². The first kappa shape index (κ1) is 25.2. The van der Waals surface area contributed by atoms with Gasteiger partial charge in [-0.3, -0.25) is 9.79 Å². The van der Waals surface area contributed by atoms with Crippen molar-refractivity contribution in [1.82, 2.24) is 4.90 Å². The third-order valence-electron chi connectivity index (χ3n) is 8.31. The zero-order chi connectivity index (χ0) is 26.9. The Labute approximate surface area is 229 Å². The quantitative estimate of drug-likeness (QED) is 0.381. The van der Waals surface area contributed by atoms with E-state index in [1.807, 2.05) is 41.3 Å². The first-order valence-electron chi connectivity index (χ1n) is 13.7. The van der Waals surface area contributed by atoms with E-state index in [1.54, 1.807) is 14.2 Å². The van der Waals surface area contributed by atoms with Gasteiger partial charge < -0.3 is 20.1 Å². The van der Waals surface area contributed by atoms with Gasteiger partial charge in [-0.2, -0.15) is 4.99 Å². The maximum atomic E-state index is 13.0. The van der Waals surface area contributed by atoms with Gasteiger partial charge >= 0.3 is 0 Å². The molecule has 1 saturated carbocycles. The molecule has 0 unspecified atom stereocenters. The molecule has 1 fully saturated rings. The average molecular weight is 523 g/mol. The Kier molecular flexibility index (Phi) is 6.81. The number of guanidine groups is 1. The summed E-state index contributed by atoms with van der Waals surface area (Å²) in [6, 6.07) is 20.3. The van der Waals surface area contributed by atoms with Crippen molar-refractivity contribution in [3.8, 4) is 11.5 Å². The van der Waals surface area contributed by atoms with Crippen molar-refractivity contribution < 1.29 is 14.3 Å². The molecule has 0 spiro atoms. The lowest BCUT2D eigenvalue weighted by molar-refractivity contribution is 0.100. The summed E-state index contributed by atoms with van der Waals surface area (Å²) in [7, 11) is 3.33. The fraction of sp³-hybridized carbons (Fsp3) is 0.344. The Morgan fingerprint density at radius 1 is 0.974 bits per heavy atom. The Morgan fingerprint density at radius 2 is 1.69 bits per heavy atom. The molecule has 7 nitrogen and oxygen atoms in total. The van der Waals surface area contributed by atoms with Gasteiger partial charge in [-0.05, 0) is 60.2 Å². The van der Waals surface area contributed by atoms with Crippen LogP contribution in [0.3, 0.4) is 0 Å². The van der Waals surface area contributed by atoms with Crippen molar-refractivity contribution in [2.45, 2.75) is 50.6 Å². The van der Waals surface area contributed by atoms with Crippen LogP contribution in [-0.2, 0) is 13.0 Å². The number of ether oxygens (including phenoxy) is 2. The lowest BCUT2D eigenvalue weighted by Crippen LogP contribution is -2.41. The van der Waals surface area contributed by atoms with Crippen molar-refractivity contribution in [2.75, 3.05) is 20.8 Å². The van der Waals surface area contributed by atoms with Gasteiger partial charge in [0, 0.05) is 35.7 Å². The molecule has 3 aliphatic rings. The Morgan fingerprint density at radius 3 is 2.46 bits per heavy atom. The van der Waals surface area contributed by atoms with Crippen LogP contribution in [0.25, 0.3) is 0 Å². The molecule has 200 valence electrons. The number of benzene rings is 3. The van der Waals surface area contributed by atoms with Crippen LogP contribution in [0, 0.1) is 0 Å². The predicted octanol–water partition coefficient (Wildman–Crippen LogP) is 5.09. The van der Waals surface area contributed by atoms with Crippen molar-refractivity contribution in [1.29, 1.82) is 0 Å². The van der Waals surface area contributed by atoms with Crippen LogP contribution >= 0.6 is 0 Å². The van der Waals surface area contributed by atoms with E-state index in [4.69, 9.17) is 20.2 Å². The summed E-state index contributed by atoms with van der Waals surface area (Å²) in [6.07, 6.45) is 5.49. The van der Waals surface area contributed by atoms with E-state index in [1.165, 1.54) is 29.5 Å². The molecule has 0 bridgehead atoms. The van der Waals surface area contributed by atoms with E-state index in [0.29, 0.717) is 23.8 Å². The molecule has 2 atom stereocenters. The summed E-state index contributed by atoms with van der Waals surface area (Å²) in [5.74, 6) is 1.74. The molecule has 0 aromatic heterocycles. The van der Waals surface area contributed by atoms with Crippen molar-refractivity contribution in [2.24, 2.45) is 15.7 Å². The molecule has 6 rings (SSSR count). The SMILES string of the molecule is COc1cc2c(cc1OC)[C@H]1CCCC[C@H]1N=C2c1ccc(C(=O)N=C(N)N2CCc3ccccc3C2)cc1. The molecule has 0 saturated heterocycles. The second-order valence-electron chi connectivity index (χ2n) is 10.5. The van der Waals surface area contributed by atoms with Crippen LogP contribution in [0.2, 0.25) is 0 Å². The standard InChI is InChI=1S/C32H34N4O3/c1-38-28-17-25-24-9-5-6-10-27(24)34-30(26(25)18-29(28)39-2)21-11-13-22(14-12-21)31(37)35-32(33)36-16-15-20-7-3-4-8-23(20)19-36/h3-4,7-8,11-14,17-18,24,27H,5-6,9-10,15-16,19H2,1-2H3,(H2,33,35,37)/t24-,27-/m1/s1. The highest BCUT2D eigenvalue weighted by Crippen LogP contribution is 2.44. The second kappa shape index (κ2) is 10.6. The number of nitrogens with zero attached hydrogens (tertiary/aromatic N) is 3. The molecule has 1 amide bonds. The minimum absolute atomic E-state index is 0.250. The number of nitrogens with two attached hydrogens (primary N) is 1. The van der Waals surface area contributed by atoms with E-state index in [9.17, 15) is 4.79 Å². The number of fused-ring (bicyclic) bond motifs is 4. The molecular weight excluding hydrogens is 488 g/mol. The fourth-order valence-electron chi connectivity index (χ4n) is 6.20. The topological polar surface area (TPSA) is 89.5 Å². The van der Waals surface area contributed by atoms with Crippen LogP contribution in [0.1, 0.15) is 69.8 Å². The molecule has 2 N–H and O–H groups in total. The summed E-state index contributed by atoms with van der Waals surface area (Å²) >= 11 is 0. The first-order valence-corrected chi connectivity index (χ1v) is 13.7. The maximum Gasteiger partial charge on any atom is 0.280 e. The smallest absolute Gasteiger partial charge is 0.280 e. The Bertz CT molecular complexity index is 1460. The first-order chi connectivity index (χ1) is 19.1. The Hall–Kier alpha value is -4.13. The number of carbonyl (C=O) groups excluding carboxylic acids is 1. The molecule has 2 heterocycles. The van der Waals surface area contributed by atoms with E-state index in [2.05, 4.69) is 29.3 Å². The lowest BCUT2D eigenvalue weighted by atomic mass is 9.75. The highest BCUT2D eigenvalue weighted by atomic mass is 16.5. The van der Waals surface area contributed by atoms with Crippen LogP contribution in [0.15, 0.2) is 70.6 Å². The number of amides is 1. The van der Waals surface area contributed by atoms with Gasteiger partial charge in [0.2, 0.25) is 0 Å². The summed E-state index contributed by atoms with van der Waals surface area (Å²) in [4.78, 5) is 24.4. The monoisotopic (exact) mass is 522 g/mol. The molecule has 0 radical (unpaired) electrons. The average Bonchev–Trinajstić information content (AvgIpc) is 2.99. The minimum atomic E-state index is -0.345. The van der Waals surface area contributed by atoms with Gasteiger partial charge in [0.1, 0.15) is 0 Å².